The molecule has 1 aliphatic rings. The summed E-state index contributed by atoms with van der Waals surface area (Å²) in [4.78, 5) is 15.4. The van der Waals surface area contributed by atoms with Crippen LogP contribution in [0.1, 0.15) is 47.2 Å². The summed E-state index contributed by atoms with van der Waals surface area (Å²) >= 11 is 0. The van der Waals surface area contributed by atoms with Gasteiger partial charge in [0.05, 0.1) is 5.69 Å². The van der Waals surface area contributed by atoms with Gasteiger partial charge in [0.15, 0.2) is 5.69 Å². The number of carboxylic acid groups (broad SMARTS) is 1. The molecule has 2 heterocycles. The summed E-state index contributed by atoms with van der Waals surface area (Å²) in [5.74, 6) is 1.04. The molecule has 0 amide bonds. The summed E-state index contributed by atoms with van der Waals surface area (Å²) < 4.78 is 3.36. The normalized spacial score (nSPS) is 16.4. The topological polar surface area (TPSA) is 72.4 Å². The van der Waals surface area contributed by atoms with Gasteiger partial charge in [0.25, 0.3) is 0 Å². The molecule has 1 fully saturated rings. The number of hydrogen-bond acceptors (Lipinski definition) is 3. The van der Waals surface area contributed by atoms with Crippen molar-refractivity contribution in [1.29, 1.82) is 0 Å². The molecule has 2 aromatic rings. The van der Waals surface area contributed by atoms with E-state index in [-0.39, 0.29) is 5.69 Å². The van der Waals surface area contributed by atoms with Crippen LogP contribution in [-0.4, -0.2) is 30.2 Å². The molecular weight excluding hydrogens is 220 g/mol. The first-order valence-electron chi connectivity index (χ1n) is 5.75. The van der Waals surface area contributed by atoms with Gasteiger partial charge in [0.2, 0.25) is 5.78 Å². The van der Waals surface area contributed by atoms with E-state index in [1.54, 1.807) is 6.92 Å². The van der Waals surface area contributed by atoms with E-state index in [4.69, 9.17) is 5.11 Å². The minimum atomic E-state index is -0.978. The maximum Gasteiger partial charge on any atom is 0.356 e. The van der Waals surface area contributed by atoms with E-state index in [1.165, 1.54) is 10.9 Å². The summed E-state index contributed by atoms with van der Waals surface area (Å²) in [7, 11) is 1.90. The second-order valence-corrected chi connectivity index (χ2v) is 4.61. The second kappa shape index (κ2) is 3.32. The van der Waals surface area contributed by atoms with Crippen LogP contribution >= 0.6 is 0 Å². The van der Waals surface area contributed by atoms with Crippen LogP contribution in [-0.2, 0) is 7.05 Å². The number of aromatic carboxylic acids is 1. The molecule has 0 bridgehead atoms. The average molecular weight is 234 g/mol. The van der Waals surface area contributed by atoms with Gasteiger partial charge in [-0.1, -0.05) is 6.42 Å². The lowest BCUT2D eigenvalue weighted by Gasteiger charge is -2.23. The molecule has 0 unspecified atom stereocenters. The van der Waals surface area contributed by atoms with Crippen LogP contribution in [0, 0.1) is 6.92 Å². The summed E-state index contributed by atoms with van der Waals surface area (Å²) in [5.41, 5.74) is 0.678. The van der Waals surface area contributed by atoms with E-state index in [0.29, 0.717) is 17.4 Å². The summed E-state index contributed by atoms with van der Waals surface area (Å²) in [5, 5.41) is 13.6. The van der Waals surface area contributed by atoms with Gasteiger partial charge in [-0.05, 0) is 19.8 Å². The highest BCUT2D eigenvalue weighted by Crippen LogP contribution is 2.35. The highest BCUT2D eigenvalue weighted by molar-refractivity contribution is 5.87. The zero-order valence-electron chi connectivity index (χ0n) is 9.84. The van der Waals surface area contributed by atoms with Crippen molar-refractivity contribution in [2.75, 3.05) is 0 Å². The second-order valence-electron chi connectivity index (χ2n) is 4.61. The Hall–Kier alpha value is -1.85. The predicted octanol–water partition coefficient (Wildman–Crippen LogP) is 1.34. The van der Waals surface area contributed by atoms with Crippen molar-refractivity contribution in [3.8, 4) is 0 Å². The number of aryl methyl sites for hydroxylation is 2. The summed E-state index contributed by atoms with van der Waals surface area (Å²) in [6, 6.07) is 0. The molecular formula is C11H14N4O2. The first-order valence-corrected chi connectivity index (χ1v) is 5.75. The molecule has 17 heavy (non-hydrogen) atoms. The highest BCUT2D eigenvalue weighted by Gasteiger charge is 2.28. The van der Waals surface area contributed by atoms with E-state index in [2.05, 4.69) is 10.1 Å². The standard InChI is InChI=1S/C11H14N4O2/c1-6-8(10(16)17)15-11(12-6)14(2)9(13-15)7-4-3-5-7/h7H,3-5H2,1-2H3,(H,16,17). The lowest BCUT2D eigenvalue weighted by atomic mass is 9.85. The van der Waals surface area contributed by atoms with Gasteiger partial charge in [0, 0.05) is 13.0 Å². The Kier molecular flexibility index (Phi) is 2.01. The lowest BCUT2D eigenvalue weighted by molar-refractivity contribution is 0.0687. The van der Waals surface area contributed by atoms with Gasteiger partial charge in [-0.15, -0.1) is 0 Å². The van der Waals surface area contributed by atoms with Gasteiger partial charge < -0.3 is 5.11 Å². The largest absolute Gasteiger partial charge is 0.476 e. The third-order valence-corrected chi connectivity index (χ3v) is 3.53. The van der Waals surface area contributed by atoms with Gasteiger partial charge in [-0.25, -0.2) is 9.78 Å². The fourth-order valence-electron chi connectivity index (χ4n) is 2.35. The summed E-state index contributed by atoms with van der Waals surface area (Å²) in [6.07, 6.45) is 3.50. The SMILES string of the molecule is Cc1nc2n(C)c(C3CCC3)nn2c1C(=O)O. The van der Waals surface area contributed by atoms with Crippen LogP contribution in [0.5, 0.6) is 0 Å². The Labute approximate surface area is 97.9 Å². The van der Waals surface area contributed by atoms with Crippen LogP contribution < -0.4 is 0 Å². The van der Waals surface area contributed by atoms with Gasteiger partial charge >= 0.3 is 5.97 Å². The third kappa shape index (κ3) is 1.30. The van der Waals surface area contributed by atoms with Crippen LogP contribution in [0.15, 0.2) is 0 Å². The van der Waals surface area contributed by atoms with Crippen molar-refractivity contribution in [2.45, 2.75) is 32.1 Å². The molecule has 0 radical (unpaired) electrons. The average Bonchev–Trinajstić information content (AvgIpc) is 2.62. The van der Waals surface area contributed by atoms with Crippen molar-refractivity contribution < 1.29 is 9.90 Å². The van der Waals surface area contributed by atoms with Crippen LogP contribution in [0.25, 0.3) is 5.78 Å². The molecule has 2 aromatic heterocycles. The van der Waals surface area contributed by atoms with Gasteiger partial charge in [-0.3, -0.25) is 4.57 Å². The molecule has 1 aliphatic carbocycles. The molecule has 0 spiro atoms. The Morgan fingerprint density at radius 1 is 1.47 bits per heavy atom. The smallest absolute Gasteiger partial charge is 0.356 e. The van der Waals surface area contributed by atoms with Crippen LogP contribution in [0.2, 0.25) is 0 Å². The molecule has 3 rings (SSSR count). The monoisotopic (exact) mass is 234 g/mol. The van der Waals surface area contributed by atoms with Crippen molar-refractivity contribution in [3.63, 3.8) is 0 Å². The number of imidazole rings is 1. The van der Waals surface area contributed by atoms with Crippen molar-refractivity contribution in [3.05, 3.63) is 17.2 Å². The highest BCUT2D eigenvalue weighted by atomic mass is 16.4. The van der Waals surface area contributed by atoms with Crippen LogP contribution in [0.3, 0.4) is 0 Å². The molecule has 0 atom stereocenters. The number of carbonyl (C=O) groups is 1. The molecule has 0 saturated heterocycles. The Balaban J connectivity index is 2.23. The van der Waals surface area contributed by atoms with E-state index in [1.807, 2.05) is 11.6 Å². The van der Waals surface area contributed by atoms with Gasteiger partial charge in [0.1, 0.15) is 5.82 Å². The summed E-state index contributed by atoms with van der Waals surface area (Å²) in [6.45, 7) is 1.70. The van der Waals surface area contributed by atoms with Crippen molar-refractivity contribution in [2.24, 2.45) is 7.05 Å². The zero-order valence-corrected chi connectivity index (χ0v) is 9.84. The van der Waals surface area contributed by atoms with E-state index in [0.717, 1.165) is 18.7 Å². The minimum Gasteiger partial charge on any atom is -0.476 e. The quantitative estimate of drug-likeness (QED) is 0.851. The molecule has 0 aromatic carbocycles. The number of hydrogen-bond donors (Lipinski definition) is 1. The first kappa shape index (κ1) is 10.3. The fourth-order valence-corrected chi connectivity index (χ4v) is 2.35. The van der Waals surface area contributed by atoms with E-state index < -0.39 is 5.97 Å². The van der Waals surface area contributed by atoms with E-state index >= 15 is 0 Å². The van der Waals surface area contributed by atoms with Crippen molar-refractivity contribution in [1.82, 2.24) is 19.2 Å². The molecule has 0 aliphatic heterocycles. The molecule has 1 saturated carbocycles. The first-order chi connectivity index (χ1) is 8.09. The van der Waals surface area contributed by atoms with E-state index in [9.17, 15) is 4.79 Å². The number of aromatic nitrogens is 4. The lowest BCUT2D eigenvalue weighted by Crippen LogP contribution is -2.14. The minimum absolute atomic E-state index is 0.168. The van der Waals surface area contributed by atoms with Gasteiger partial charge in [-0.2, -0.15) is 9.61 Å². The molecule has 6 nitrogen and oxygen atoms in total. The zero-order chi connectivity index (χ0) is 12.2. The molecule has 6 heteroatoms. The van der Waals surface area contributed by atoms with Crippen LogP contribution in [0.4, 0.5) is 0 Å². The number of carboxylic acids is 1. The Morgan fingerprint density at radius 2 is 2.18 bits per heavy atom. The maximum absolute atomic E-state index is 11.2. The predicted molar refractivity (Wildman–Crippen MR) is 60.2 cm³/mol. The number of nitrogens with zero attached hydrogens (tertiary/aromatic N) is 4. The number of fused-ring (bicyclic) bond motifs is 1. The third-order valence-electron chi connectivity index (χ3n) is 3.53. The fraction of sp³-hybridized carbons (Fsp3) is 0.545. The Bertz CT molecular complexity index is 607. The Morgan fingerprint density at radius 3 is 2.71 bits per heavy atom. The maximum atomic E-state index is 11.2. The van der Waals surface area contributed by atoms with Crippen molar-refractivity contribution >= 4 is 11.7 Å². The molecule has 1 N–H and O–H groups in total. The number of rotatable bonds is 2. The molecule has 90 valence electrons.